The molecule has 0 unspecified atom stereocenters. The van der Waals surface area contributed by atoms with E-state index < -0.39 is 6.61 Å². The second-order valence-electron chi connectivity index (χ2n) is 4.62. The van der Waals surface area contributed by atoms with Gasteiger partial charge in [-0.05, 0) is 17.7 Å². The zero-order valence-corrected chi connectivity index (χ0v) is 11.9. The molecule has 6 nitrogen and oxygen atoms in total. The number of imidazole rings is 1. The molecule has 0 saturated heterocycles. The number of hydrogen-bond acceptors (Lipinski definition) is 3. The van der Waals surface area contributed by atoms with Crippen molar-refractivity contribution in [1.82, 2.24) is 20.2 Å². The molecule has 1 aromatic heterocycles. The summed E-state index contributed by atoms with van der Waals surface area (Å²) < 4.78 is 28.6. The summed E-state index contributed by atoms with van der Waals surface area (Å²) in [4.78, 5) is 20.2. The molecule has 1 aromatic carbocycles. The van der Waals surface area contributed by atoms with Gasteiger partial charge in [0.2, 0.25) is 0 Å². The third-order valence-corrected chi connectivity index (χ3v) is 2.88. The lowest BCUT2D eigenvalue weighted by atomic mass is 10.2. The van der Waals surface area contributed by atoms with Gasteiger partial charge in [-0.3, -0.25) is 0 Å². The second kappa shape index (κ2) is 7.39. The molecule has 0 fully saturated rings. The summed E-state index contributed by atoms with van der Waals surface area (Å²) in [6, 6.07) is 5.92. The van der Waals surface area contributed by atoms with Crippen molar-refractivity contribution in [2.75, 3.05) is 7.05 Å². The Labute approximate surface area is 126 Å². The van der Waals surface area contributed by atoms with Crippen molar-refractivity contribution < 1.29 is 18.3 Å². The fourth-order valence-electron chi connectivity index (χ4n) is 1.84. The van der Waals surface area contributed by atoms with Gasteiger partial charge >= 0.3 is 12.6 Å². The van der Waals surface area contributed by atoms with Crippen molar-refractivity contribution >= 4 is 6.03 Å². The molecule has 0 bridgehead atoms. The minimum absolute atomic E-state index is 0.0626. The maximum absolute atomic E-state index is 12.1. The SMILES string of the molecule is CN(Cc1cnc[nH]1)C(=O)NCc1cccc(OC(F)F)c1. The van der Waals surface area contributed by atoms with Crippen LogP contribution in [0.5, 0.6) is 5.75 Å². The van der Waals surface area contributed by atoms with Crippen LogP contribution in [0.3, 0.4) is 0 Å². The Morgan fingerprint density at radius 1 is 1.50 bits per heavy atom. The van der Waals surface area contributed by atoms with Gasteiger partial charge in [0, 0.05) is 19.8 Å². The molecule has 0 radical (unpaired) electrons. The highest BCUT2D eigenvalue weighted by molar-refractivity contribution is 5.73. The normalized spacial score (nSPS) is 10.5. The molecule has 1 heterocycles. The van der Waals surface area contributed by atoms with E-state index >= 15 is 0 Å². The predicted molar refractivity (Wildman–Crippen MR) is 75.4 cm³/mol. The maximum atomic E-state index is 12.1. The number of ether oxygens (including phenoxy) is 1. The van der Waals surface area contributed by atoms with Crippen LogP contribution in [0.4, 0.5) is 13.6 Å². The summed E-state index contributed by atoms with van der Waals surface area (Å²) in [5, 5.41) is 2.70. The third kappa shape index (κ3) is 4.72. The third-order valence-electron chi connectivity index (χ3n) is 2.88. The van der Waals surface area contributed by atoms with E-state index in [1.807, 2.05) is 0 Å². The molecule has 0 aliphatic carbocycles. The van der Waals surface area contributed by atoms with Crippen LogP contribution in [0.15, 0.2) is 36.8 Å². The van der Waals surface area contributed by atoms with Crippen LogP contribution in [0.2, 0.25) is 0 Å². The van der Waals surface area contributed by atoms with E-state index in [2.05, 4.69) is 20.0 Å². The number of aromatic amines is 1. The van der Waals surface area contributed by atoms with E-state index in [9.17, 15) is 13.6 Å². The minimum Gasteiger partial charge on any atom is -0.435 e. The molecule has 22 heavy (non-hydrogen) atoms. The Kier molecular flexibility index (Phi) is 5.29. The van der Waals surface area contributed by atoms with E-state index in [-0.39, 0.29) is 18.3 Å². The van der Waals surface area contributed by atoms with E-state index in [0.717, 1.165) is 5.69 Å². The topological polar surface area (TPSA) is 70.2 Å². The average molecular weight is 310 g/mol. The number of carbonyl (C=O) groups is 1. The fraction of sp³-hybridized carbons (Fsp3) is 0.286. The molecule has 118 valence electrons. The van der Waals surface area contributed by atoms with Gasteiger partial charge in [0.25, 0.3) is 0 Å². The summed E-state index contributed by atoms with van der Waals surface area (Å²) in [6.45, 7) is -2.27. The predicted octanol–water partition coefficient (Wildman–Crippen LogP) is 2.35. The molecule has 0 saturated carbocycles. The summed E-state index contributed by atoms with van der Waals surface area (Å²) in [5.74, 6) is 0.0626. The quantitative estimate of drug-likeness (QED) is 0.860. The Morgan fingerprint density at radius 3 is 3.00 bits per heavy atom. The average Bonchev–Trinajstić information content (AvgIpc) is 2.97. The number of nitrogens with zero attached hydrogens (tertiary/aromatic N) is 2. The number of amides is 2. The van der Waals surface area contributed by atoms with Crippen molar-refractivity contribution in [3.8, 4) is 5.75 Å². The van der Waals surface area contributed by atoms with Gasteiger partial charge in [-0.1, -0.05) is 12.1 Å². The first-order valence-electron chi connectivity index (χ1n) is 6.54. The number of benzene rings is 1. The lowest BCUT2D eigenvalue weighted by Crippen LogP contribution is -2.36. The highest BCUT2D eigenvalue weighted by Gasteiger charge is 2.10. The van der Waals surface area contributed by atoms with Gasteiger partial charge < -0.3 is 19.9 Å². The van der Waals surface area contributed by atoms with E-state index in [1.54, 1.807) is 25.4 Å². The molecule has 8 heteroatoms. The smallest absolute Gasteiger partial charge is 0.387 e. The molecular weight excluding hydrogens is 294 g/mol. The number of alkyl halides is 2. The molecule has 2 aromatic rings. The zero-order chi connectivity index (χ0) is 15.9. The molecular formula is C14H16F2N4O2. The Hall–Kier alpha value is -2.64. The number of halogens is 2. The summed E-state index contributed by atoms with van der Waals surface area (Å²) in [7, 11) is 1.65. The second-order valence-corrected chi connectivity index (χ2v) is 4.62. The molecule has 0 aliphatic rings. The molecule has 0 atom stereocenters. The number of hydrogen-bond donors (Lipinski definition) is 2. The van der Waals surface area contributed by atoms with Crippen LogP contribution in [0, 0.1) is 0 Å². The first-order chi connectivity index (χ1) is 10.5. The summed E-state index contributed by atoms with van der Waals surface area (Å²) >= 11 is 0. The largest absolute Gasteiger partial charge is 0.435 e. The van der Waals surface area contributed by atoms with Gasteiger partial charge in [-0.25, -0.2) is 9.78 Å². The van der Waals surface area contributed by atoms with E-state index in [0.29, 0.717) is 12.1 Å². The number of urea groups is 1. The lowest BCUT2D eigenvalue weighted by molar-refractivity contribution is -0.0498. The van der Waals surface area contributed by atoms with Crippen LogP contribution in [0.1, 0.15) is 11.3 Å². The Morgan fingerprint density at radius 2 is 2.32 bits per heavy atom. The summed E-state index contributed by atoms with van der Waals surface area (Å²) in [6.07, 6.45) is 3.17. The van der Waals surface area contributed by atoms with Crippen molar-refractivity contribution in [3.05, 3.63) is 48.0 Å². The minimum atomic E-state index is -2.87. The number of rotatable bonds is 6. The van der Waals surface area contributed by atoms with Crippen LogP contribution in [-0.2, 0) is 13.1 Å². The standard InChI is InChI=1S/C14H16F2N4O2/c1-20(8-11-7-17-9-19-11)14(21)18-6-10-3-2-4-12(5-10)22-13(15)16/h2-5,7,9,13H,6,8H2,1H3,(H,17,19)(H,18,21). The van der Waals surface area contributed by atoms with Crippen molar-refractivity contribution in [3.63, 3.8) is 0 Å². The highest BCUT2D eigenvalue weighted by Crippen LogP contribution is 2.15. The van der Waals surface area contributed by atoms with Gasteiger partial charge in [-0.15, -0.1) is 0 Å². The number of nitrogens with one attached hydrogen (secondary N) is 2. The lowest BCUT2D eigenvalue weighted by Gasteiger charge is -2.17. The zero-order valence-electron chi connectivity index (χ0n) is 11.9. The van der Waals surface area contributed by atoms with E-state index in [4.69, 9.17) is 0 Å². The maximum Gasteiger partial charge on any atom is 0.387 e. The molecule has 2 rings (SSSR count). The Bertz CT molecular complexity index is 605. The van der Waals surface area contributed by atoms with Crippen molar-refractivity contribution in [1.29, 1.82) is 0 Å². The number of H-pyrrole nitrogens is 1. The molecule has 2 N–H and O–H groups in total. The van der Waals surface area contributed by atoms with E-state index in [1.165, 1.54) is 23.4 Å². The van der Waals surface area contributed by atoms with Crippen molar-refractivity contribution in [2.24, 2.45) is 0 Å². The van der Waals surface area contributed by atoms with Crippen molar-refractivity contribution in [2.45, 2.75) is 19.7 Å². The van der Waals surface area contributed by atoms with Gasteiger partial charge in [-0.2, -0.15) is 8.78 Å². The van der Waals surface area contributed by atoms with Gasteiger partial charge in [0.15, 0.2) is 0 Å². The fourth-order valence-corrected chi connectivity index (χ4v) is 1.84. The summed E-state index contributed by atoms with van der Waals surface area (Å²) in [5.41, 5.74) is 1.48. The van der Waals surface area contributed by atoms with Crippen LogP contribution < -0.4 is 10.1 Å². The first-order valence-corrected chi connectivity index (χ1v) is 6.54. The van der Waals surface area contributed by atoms with Gasteiger partial charge in [0.05, 0.1) is 18.6 Å². The van der Waals surface area contributed by atoms with Crippen LogP contribution in [-0.4, -0.2) is 34.6 Å². The van der Waals surface area contributed by atoms with Crippen LogP contribution >= 0.6 is 0 Å². The molecule has 2 amide bonds. The number of carbonyl (C=O) groups excluding carboxylic acids is 1. The first kappa shape index (κ1) is 15.7. The molecule has 0 spiro atoms. The highest BCUT2D eigenvalue weighted by atomic mass is 19.3. The Balaban J connectivity index is 1.85. The monoisotopic (exact) mass is 310 g/mol. The van der Waals surface area contributed by atoms with Gasteiger partial charge in [0.1, 0.15) is 5.75 Å². The van der Waals surface area contributed by atoms with Crippen LogP contribution in [0.25, 0.3) is 0 Å². The number of aromatic nitrogens is 2. The molecule has 0 aliphatic heterocycles.